The molecule has 3 rings (SSSR count). The molecule has 0 amide bonds. The van der Waals surface area contributed by atoms with E-state index in [-0.39, 0.29) is 11.6 Å². The average molecular weight is 330 g/mol. The molecule has 3 nitrogen and oxygen atoms in total. The molecule has 0 aliphatic heterocycles. The fraction of sp³-hybridized carbons (Fsp3) is 0.0909. The third-order valence-corrected chi connectivity index (χ3v) is 4.08. The highest BCUT2D eigenvalue weighted by Gasteiger charge is 2.19. The summed E-state index contributed by atoms with van der Waals surface area (Å²) in [6.07, 6.45) is 0. The molecule has 0 aliphatic rings. The molecule has 0 fully saturated rings. The van der Waals surface area contributed by atoms with Crippen molar-refractivity contribution in [2.24, 2.45) is 0 Å². The summed E-state index contributed by atoms with van der Waals surface area (Å²) in [4.78, 5) is 25.7. The smallest absolute Gasteiger partial charge is 0.193 e. The van der Waals surface area contributed by atoms with Crippen LogP contribution in [0.1, 0.15) is 37.4 Å². The van der Waals surface area contributed by atoms with Gasteiger partial charge >= 0.3 is 0 Å². The third kappa shape index (κ3) is 3.50. The van der Waals surface area contributed by atoms with Gasteiger partial charge in [0, 0.05) is 22.3 Å². The van der Waals surface area contributed by atoms with Gasteiger partial charge < -0.3 is 4.74 Å². The molecule has 3 heteroatoms. The number of rotatable bonds is 5. The number of aryl methyl sites for hydroxylation is 1. The van der Waals surface area contributed by atoms with Gasteiger partial charge in [0.15, 0.2) is 11.6 Å². The fourth-order valence-corrected chi connectivity index (χ4v) is 2.64. The average Bonchev–Trinajstić information content (AvgIpc) is 2.67. The van der Waals surface area contributed by atoms with Crippen LogP contribution in [0.5, 0.6) is 5.75 Å². The van der Waals surface area contributed by atoms with Crippen LogP contribution in [-0.4, -0.2) is 18.7 Å². The van der Waals surface area contributed by atoms with Crippen molar-refractivity contribution in [2.75, 3.05) is 7.11 Å². The highest BCUT2D eigenvalue weighted by Crippen LogP contribution is 2.20. The first-order valence-electron chi connectivity index (χ1n) is 7.99. The Morgan fingerprint density at radius 1 is 0.680 bits per heavy atom. The fourth-order valence-electron chi connectivity index (χ4n) is 2.64. The molecule has 0 saturated carbocycles. The first-order valence-corrected chi connectivity index (χ1v) is 7.99. The zero-order valence-electron chi connectivity index (χ0n) is 14.2. The molecule has 0 aromatic heterocycles. The molecule has 0 spiro atoms. The van der Waals surface area contributed by atoms with Crippen LogP contribution in [-0.2, 0) is 0 Å². The lowest BCUT2D eigenvalue weighted by Gasteiger charge is -2.09. The van der Waals surface area contributed by atoms with Gasteiger partial charge in [0.05, 0.1) is 7.11 Å². The number of hydrogen-bond acceptors (Lipinski definition) is 3. The second-order valence-corrected chi connectivity index (χ2v) is 5.80. The lowest BCUT2D eigenvalue weighted by atomic mass is 9.93. The summed E-state index contributed by atoms with van der Waals surface area (Å²) in [6.45, 7) is 1.97. The van der Waals surface area contributed by atoms with Gasteiger partial charge in [-0.25, -0.2) is 0 Å². The van der Waals surface area contributed by atoms with Gasteiger partial charge in [0.25, 0.3) is 0 Å². The van der Waals surface area contributed by atoms with Crippen molar-refractivity contribution < 1.29 is 14.3 Å². The van der Waals surface area contributed by atoms with Crippen LogP contribution >= 0.6 is 0 Å². The van der Waals surface area contributed by atoms with Gasteiger partial charge in [0.2, 0.25) is 0 Å². The largest absolute Gasteiger partial charge is 0.497 e. The second kappa shape index (κ2) is 7.14. The van der Waals surface area contributed by atoms with Gasteiger partial charge in [0.1, 0.15) is 5.75 Å². The Labute approximate surface area is 146 Å². The Balaban J connectivity index is 1.98. The molecule has 0 bridgehead atoms. The van der Waals surface area contributed by atoms with Crippen molar-refractivity contribution in [1.82, 2.24) is 0 Å². The van der Waals surface area contributed by atoms with Crippen molar-refractivity contribution in [3.05, 3.63) is 101 Å². The topological polar surface area (TPSA) is 43.4 Å². The summed E-state index contributed by atoms with van der Waals surface area (Å²) in [7, 11) is 1.58. The van der Waals surface area contributed by atoms with Gasteiger partial charge in [-0.05, 0) is 31.2 Å². The molecule has 0 aliphatic carbocycles. The highest BCUT2D eigenvalue weighted by atomic mass is 16.5. The van der Waals surface area contributed by atoms with E-state index in [1.807, 2.05) is 19.1 Å². The molecule has 0 heterocycles. The van der Waals surface area contributed by atoms with Crippen molar-refractivity contribution in [3.63, 3.8) is 0 Å². The summed E-state index contributed by atoms with van der Waals surface area (Å²) < 4.78 is 5.12. The van der Waals surface area contributed by atoms with Crippen molar-refractivity contribution in [1.29, 1.82) is 0 Å². The monoisotopic (exact) mass is 330 g/mol. The first kappa shape index (κ1) is 16.7. The Morgan fingerprint density at radius 3 is 1.56 bits per heavy atom. The van der Waals surface area contributed by atoms with Crippen molar-refractivity contribution >= 4 is 11.6 Å². The van der Waals surface area contributed by atoms with E-state index in [1.54, 1.807) is 67.8 Å². The van der Waals surface area contributed by atoms with E-state index < -0.39 is 0 Å². The van der Waals surface area contributed by atoms with Crippen molar-refractivity contribution in [2.45, 2.75) is 6.92 Å². The zero-order chi connectivity index (χ0) is 17.8. The van der Waals surface area contributed by atoms with E-state index in [0.717, 1.165) is 5.56 Å². The van der Waals surface area contributed by atoms with Gasteiger partial charge in [-0.2, -0.15) is 0 Å². The zero-order valence-corrected chi connectivity index (χ0v) is 14.2. The molecule has 0 radical (unpaired) electrons. The number of hydrogen-bond donors (Lipinski definition) is 0. The number of carbonyl (C=O) groups excluding carboxylic acids is 2. The Morgan fingerprint density at radius 2 is 1.12 bits per heavy atom. The number of carbonyl (C=O) groups is 2. The van der Waals surface area contributed by atoms with E-state index >= 15 is 0 Å². The number of benzene rings is 3. The summed E-state index contributed by atoms with van der Waals surface area (Å²) in [5.74, 6) is 0.344. The molecule has 3 aromatic rings. The molecule has 0 unspecified atom stereocenters. The maximum absolute atomic E-state index is 12.9. The molecule has 0 saturated heterocycles. The van der Waals surface area contributed by atoms with E-state index in [9.17, 15) is 9.59 Å². The minimum atomic E-state index is -0.182. The summed E-state index contributed by atoms with van der Waals surface area (Å²) in [6, 6.07) is 21.1. The van der Waals surface area contributed by atoms with Gasteiger partial charge in [-0.3, -0.25) is 9.59 Å². The predicted octanol–water partition coefficient (Wildman–Crippen LogP) is 4.47. The van der Waals surface area contributed by atoms with Crippen LogP contribution in [0.25, 0.3) is 0 Å². The Kier molecular flexibility index (Phi) is 4.75. The normalized spacial score (nSPS) is 10.3. The SMILES string of the molecule is COc1ccc(C(=O)c2ccccc2C(=O)c2ccc(C)cc2)cc1. The minimum absolute atomic E-state index is 0.155. The quantitative estimate of drug-likeness (QED) is 0.649. The summed E-state index contributed by atoms with van der Waals surface area (Å²) in [5.41, 5.74) is 2.98. The number of ketones is 2. The third-order valence-electron chi connectivity index (χ3n) is 4.08. The summed E-state index contributed by atoms with van der Waals surface area (Å²) >= 11 is 0. The van der Waals surface area contributed by atoms with Crippen molar-refractivity contribution in [3.8, 4) is 5.75 Å². The maximum atomic E-state index is 12.9. The highest BCUT2D eigenvalue weighted by molar-refractivity contribution is 6.19. The molecular weight excluding hydrogens is 312 g/mol. The minimum Gasteiger partial charge on any atom is -0.497 e. The van der Waals surface area contributed by atoms with Crippen LogP contribution in [0, 0.1) is 6.92 Å². The second-order valence-electron chi connectivity index (χ2n) is 5.80. The van der Waals surface area contributed by atoms with Crippen LogP contribution < -0.4 is 4.74 Å². The first-order chi connectivity index (χ1) is 12.1. The van der Waals surface area contributed by atoms with Gasteiger partial charge in [-0.15, -0.1) is 0 Å². The van der Waals surface area contributed by atoms with E-state index in [4.69, 9.17) is 4.74 Å². The lowest BCUT2D eigenvalue weighted by Crippen LogP contribution is -2.11. The maximum Gasteiger partial charge on any atom is 0.193 e. The van der Waals surface area contributed by atoms with Crippen LogP contribution in [0.3, 0.4) is 0 Å². The Bertz CT molecular complexity index is 907. The molecule has 25 heavy (non-hydrogen) atoms. The van der Waals surface area contributed by atoms with E-state index in [0.29, 0.717) is 28.0 Å². The standard InChI is InChI=1S/C22H18O3/c1-15-7-9-16(10-8-15)21(23)19-5-3-4-6-20(19)22(24)17-11-13-18(25-2)14-12-17/h3-14H,1-2H3. The van der Waals surface area contributed by atoms with E-state index in [1.165, 1.54) is 0 Å². The lowest BCUT2D eigenvalue weighted by molar-refractivity contribution is 0.100. The Hall–Kier alpha value is -3.20. The molecule has 0 N–H and O–H groups in total. The number of ether oxygens (including phenoxy) is 1. The van der Waals surface area contributed by atoms with E-state index in [2.05, 4.69) is 0 Å². The predicted molar refractivity (Wildman–Crippen MR) is 97.5 cm³/mol. The molecule has 124 valence electrons. The molecule has 0 atom stereocenters. The van der Waals surface area contributed by atoms with Crippen LogP contribution in [0.2, 0.25) is 0 Å². The number of methoxy groups -OCH3 is 1. The molecular formula is C22H18O3. The summed E-state index contributed by atoms with van der Waals surface area (Å²) in [5, 5.41) is 0. The van der Waals surface area contributed by atoms with Crippen LogP contribution in [0.4, 0.5) is 0 Å². The van der Waals surface area contributed by atoms with Gasteiger partial charge in [-0.1, -0.05) is 54.1 Å². The van der Waals surface area contributed by atoms with Crippen LogP contribution in [0.15, 0.2) is 72.8 Å². The molecule has 3 aromatic carbocycles.